The molecule has 0 bridgehead atoms. The molecule has 0 radical (unpaired) electrons. The molecule has 2 aromatic rings. The minimum Gasteiger partial charge on any atom is -0.461 e. The van der Waals surface area contributed by atoms with E-state index in [2.05, 4.69) is 4.72 Å². The third kappa shape index (κ3) is 6.16. The molecule has 0 heterocycles. The van der Waals surface area contributed by atoms with Crippen LogP contribution in [0.4, 0.5) is 0 Å². The minimum atomic E-state index is -3.70. The highest BCUT2D eigenvalue weighted by Gasteiger charge is 2.14. The van der Waals surface area contributed by atoms with Crippen LogP contribution in [-0.2, 0) is 26.2 Å². The lowest BCUT2D eigenvalue weighted by molar-refractivity contribution is -0.144. The van der Waals surface area contributed by atoms with E-state index in [0.29, 0.717) is 5.02 Å². The van der Waals surface area contributed by atoms with E-state index in [1.54, 1.807) is 12.1 Å². The van der Waals surface area contributed by atoms with Crippen LogP contribution < -0.4 is 4.72 Å². The van der Waals surface area contributed by atoms with Crippen molar-refractivity contribution in [1.82, 2.24) is 4.72 Å². The Kier molecular flexibility index (Phi) is 6.58. The molecule has 0 unspecified atom stereocenters. The predicted octanol–water partition coefficient (Wildman–Crippen LogP) is 3.37. The van der Waals surface area contributed by atoms with Crippen molar-refractivity contribution in [2.24, 2.45) is 0 Å². The molecule has 0 aromatic heterocycles. The summed E-state index contributed by atoms with van der Waals surface area (Å²) in [5.74, 6) is -0.465. The summed E-state index contributed by atoms with van der Waals surface area (Å²) >= 11 is 5.79. The molecule has 2 aromatic carbocycles. The summed E-state index contributed by atoms with van der Waals surface area (Å²) in [6.45, 7) is 4.08. The van der Waals surface area contributed by atoms with Gasteiger partial charge >= 0.3 is 5.97 Å². The quantitative estimate of drug-likeness (QED) is 0.746. The standard InChI is InChI=1S/C18H20ClNO4S/c1-13-8-14(2)10-15(9-13)12-24-18(21)6-7-20-25(22,23)17-5-3-4-16(19)11-17/h3-5,8-11,20H,6-7,12H2,1-2H3. The smallest absolute Gasteiger partial charge is 0.307 e. The van der Waals surface area contributed by atoms with Gasteiger partial charge in [0.1, 0.15) is 6.61 Å². The van der Waals surface area contributed by atoms with Crippen LogP contribution in [-0.4, -0.2) is 20.9 Å². The molecule has 0 aliphatic rings. The van der Waals surface area contributed by atoms with Gasteiger partial charge in [-0.2, -0.15) is 0 Å². The van der Waals surface area contributed by atoms with E-state index in [9.17, 15) is 13.2 Å². The Bertz CT molecular complexity index is 845. The molecule has 0 saturated heterocycles. The molecule has 0 amide bonds. The Morgan fingerprint density at radius 1 is 1.12 bits per heavy atom. The number of nitrogens with one attached hydrogen (secondary N) is 1. The van der Waals surface area contributed by atoms with Crippen LogP contribution in [0.2, 0.25) is 5.02 Å². The number of ether oxygens (including phenoxy) is 1. The Labute approximate surface area is 153 Å². The largest absolute Gasteiger partial charge is 0.461 e. The average Bonchev–Trinajstić information content (AvgIpc) is 2.52. The first-order valence-electron chi connectivity index (χ1n) is 7.74. The van der Waals surface area contributed by atoms with Crippen LogP contribution in [0.5, 0.6) is 0 Å². The highest BCUT2D eigenvalue weighted by atomic mass is 35.5. The third-order valence-corrected chi connectivity index (χ3v) is 5.10. The zero-order valence-corrected chi connectivity index (χ0v) is 15.7. The first-order chi connectivity index (χ1) is 11.8. The number of rotatable bonds is 7. The normalized spacial score (nSPS) is 11.3. The van der Waals surface area contributed by atoms with E-state index in [1.165, 1.54) is 12.1 Å². The highest BCUT2D eigenvalue weighted by Crippen LogP contribution is 2.15. The van der Waals surface area contributed by atoms with Crippen LogP contribution in [0.25, 0.3) is 0 Å². The summed E-state index contributed by atoms with van der Waals surface area (Å²) in [6, 6.07) is 11.9. The zero-order valence-electron chi connectivity index (χ0n) is 14.1. The molecule has 134 valence electrons. The van der Waals surface area contributed by atoms with Crippen molar-refractivity contribution >= 4 is 27.6 Å². The van der Waals surface area contributed by atoms with Crippen LogP contribution in [0.3, 0.4) is 0 Å². The van der Waals surface area contributed by atoms with Crippen LogP contribution >= 0.6 is 11.6 Å². The van der Waals surface area contributed by atoms with E-state index in [1.807, 2.05) is 32.0 Å². The molecule has 0 saturated carbocycles. The van der Waals surface area contributed by atoms with Crippen molar-refractivity contribution in [2.45, 2.75) is 31.8 Å². The van der Waals surface area contributed by atoms with Gasteiger partial charge in [-0.1, -0.05) is 47.0 Å². The van der Waals surface area contributed by atoms with Gasteiger partial charge in [-0.25, -0.2) is 13.1 Å². The van der Waals surface area contributed by atoms with Gasteiger partial charge in [-0.3, -0.25) is 4.79 Å². The fourth-order valence-electron chi connectivity index (χ4n) is 2.39. The van der Waals surface area contributed by atoms with Gasteiger partial charge in [0.25, 0.3) is 0 Å². The molecule has 1 N–H and O–H groups in total. The zero-order chi connectivity index (χ0) is 18.4. The first-order valence-corrected chi connectivity index (χ1v) is 9.60. The molecule has 7 heteroatoms. The van der Waals surface area contributed by atoms with Crippen LogP contribution in [0, 0.1) is 13.8 Å². The van der Waals surface area contributed by atoms with Gasteiger partial charge in [-0.15, -0.1) is 0 Å². The lowest BCUT2D eigenvalue weighted by Gasteiger charge is -2.08. The monoisotopic (exact) mass is 381 g/mol. The number of hydrogen-bond donors (Lipinski definition) is 1. The highest BCUT2D eigenvalue weighted by molar-refractivity contribution is 7.89. The van der Waals surface area contributed by atoms with Crippen molar-refractivity contribution < 1.29 is 17.9 Å². The summed E-state index contributed by atoms with van der Waals surface area (Å²) in [5.41, 5.74) is 3.10. The maximum atomic E-state index is 12.1. The number of halogens is 1. The van der Waals surface area contributed by atoms with Gasteiger partial charge in [0.2, 0.25) is 10.0 Å². The van der Waals surface area contributed by atoms with Gasteiger partial charge in [0.15, 0.2) is 0 Å². The first kappa shape index (κ1) is 19.4. The number of esters is 1. The number of benzene rings is 2. The Balaban J connectivity index is 1.82. The maximum Gasteiger partial charge on any atom is 0.307 e. The Morgan fingerprint density at radius 2 is 1.80 bits per heavy atom. The van der Waals surface area contributed by atoms with Crippen molar-refractivity contribution in [3.63, 3.8) is 0 Å². The van der Waals surface area contributed by atoms with Gasteiger partial charge in [0, 0.05) is 11.6 Å². The molecule has 0 fully saturated rings. The molecular formula is C18H20ClNO4S. The SMILES string of the molecule is Cc1cc(C)cc(COC(=O)CCNS(=O)(=O)c2cccc(Cl)c2)c1. The fourth-order valence-corrected chi connectivity index (χ4v) is 3.73. The van der Waals surface area contributed by atoms with Crippen molar-refractivity contribution in [2.75, 3.05) is 6.54 Å². The number of carbonyl (C=O) groups excluding carboxylic acids is 1. The summed E-state index contributed by atoms with van der Waals surface area (Å²) in [5, 5.41) is 0.329. The second-order valence-electron chi connectivity index (χ2n) is 5.76. The molecule has 0 spiro atoms. The van der Waals surface area contributed by atoms with Crippen molar-refractivity contribution in [1.29, 1.82) is 0 Å². The molecule has 0 aliphatic carbocycles. The average molecular weight is 382 g/mol. The van der Waals surface area contributed by atoms with E-state index in [0.717, 1.165) is 16.7 Å². The van der Waals surface area contributed by atoms with E-state index >= 15 is 0 Å². The van der Waals surface area contributed by atoms with E-state index in [-0.39, 0.29) is 24.5 Å². The van der Waals surface area contributed by atoms with Gasteiger partial charge in [-0.05, 0) is 37.6 Å². The molecule has 0 atom stereocenters. The fraction of sp³-hybridized carbons (Fsp3) is 0.278. The Hall–Kier alpha value is -1.89. The lowest BCUT2D eigenvalue weighted by atomic mass is 10.1. The summed E-state index contributed by atoms with van der Waals surface area (Å²) in [7, 11) is -3.70. The molecule has 0 aliphatic heterocycles. The number of carbonyl (C=O) groups is 1. The van der Waals surface area contributed by atoms with Crippen LogP contribution in [0.15, 0.2) is 47.4 Å². The summed E-state index contributed by atoms with van der Waals surface area (Å²) in [4.78, 5) is 11.8. The van der Waals surface area contributed by atoms with Crippen molar-refractivity contribution in [3.8, 4) is 0 Å². The second kappa shape index (κ2) is 8.47. The molecule has 5 nitrogen and oxygen atoms in total. The van der Waals surface area contributed by atoms with E-state index < -0.39 is 16.0 Å². The number of aryl methyl sites for hydroxylation is 2. The number of hydrogen-bond acceptors (Lipinski definition) is 4. The molecular weight excluding hydrogens is 362 g/mol. The van der Waals surface area contributed by atoms with Gasteiger partial charge < -0.3 is 4.74 Å². The van der Waals surface area contributed by atoms with E-state index in [4.69, 9.17) is 16.3 Å². The predicted molar refractivity (Wildman–Crippen MR) is 97.0 cm³/mol. The summed E-state index contributed by atoms with van der Waals surface area (Å²) in [6.07, 6.45) is -0.0510. The second-order valence-corrected chi connectivity index (χ2v) is 7.97. The molecule has 2 rings (SSSR count). The maximum absolute atomic E-state index is 12.1. The molecule has 25 heavy (non-hydrogen) atoms. The van der Waals surface area contributed by atoms with Crippen LogP contribution in [0.1, 0.15) is 23.1 Å². The van der Waals surface area contributed by atoms with Crippen molar-refractivity contribution in [3.05, 3.63) is 64.2 Å². The topological polar surface area (TPSA) is 72.5 Å². The lowest BCUT2D eigenvalue weighted by Crippen LogP contribution is -2.26. The Morgan fingerprint density at radius 3 is 2.44 bits per heavy atom. The van der Waals surface area contributed by atoms with Gasteiger partial charge in [0.05, 0.1) is 11.3 Å². The summed E-state index contributed by atoms with van der Waals surface area (Å²) < 4.78 is 31.7. The number of sulfonamides is 1. The minimum absolute atomic E-state index is 0.0411. The third-order valence-electron chi connectivity index (χ3n) is 3.41.